The molecule has 2 nitrogen and oxygen atoms in total. The first-order valence-corrected chi connectivity index (χ1v) is 7.46. The van der Waals surface area contributed by atoms with Gasteiger partial charge in [-0.2, -0.15) is 13.2 Å². The number of benzene rings is 1. The van der Waals surface area contributed by atoms with Gasteiger partial charge in [0.2, 0.25) is 0 Å². The summed E-state index contributed by atoms with van der Waals surface area (Å²) in [6.07, 6.45) is -4.58. The molecule has 0 heterocycles. The first kappa shape index (κ1) is 18.4. The summed E-state index contributed by atoms with van der Waals surface area (Å²) in [5, 5.41) is 3.32. The highest BCUT2D eigenvalue weighted by Gasteiger charge is 2.33. The van der Waals surface area contributed by atoms with Crippen molar-refractivity contribution in [2.45, 2.75) is 38.9 Å². The number of rotatable bonds is 7. The van der Waals surface area contributed by atoms with E-state index in [1.165, 1.54) is 12.1 Å². The van der Waals surface area contributed by atoms with Crippen LogP contribution in [-0.4, -0.2) is 19.3 Å². The van der Waals surface area contributed by atoms with Crippen LogP contribution in [0.5, 0.6) is 5.75 Å². The molecule has 1 aromatic rings. The maximum atomic E-state index is 12.7. The number of hydrogen-bond acceptors (Lipinski definition) is 2. The van der Waals surface area contributed by atoms with E-state index in [-0.39, 0.29) is 10.0 Å². The predicted octanol–water partition coefficient (Wildman–Crippen LogP) is 5.39. The van der Waals surface area contributed by atoms with Crippen LogP contribution in [0.15, 0.2) is 12.1 Å². The van der Waals surface area contributed by atoms with E-state index in [1.807, 2.05) is 6.92 Å². The van der Waals surface area contributed by atoms with Gasteiger partial charge in [0, 0.05) is 17.1 Å². The summed E-state index contributed by atoms with van der Waals surface area (Å²) in [5.74, 6) is 0.370. The molecule has 1 N–H and O–H groups in total. The molecule has 1 atom stereocenters. The maximum absolute atomic E-state index is 12.7. The van der Waals surface area contributed by atoms with Crippen LogP contribution in [0.2, 0.25) is 10.0 Å². The standard InChI is InChI=1S/C14H18Cl2F3NO/c1-3-5-20-12(8-14(17,18)19)9-6-11(16)13(21-4-2)7-10(9)15/h6-7,12,20H,3-5,8H2,1-2H3. The lowest BCUT2D eigenvalue weighted by molar-refractivity contribution is -0.140. The van der Waals surface area contributed by atoms with Crippen molar-refractivity contribution in [3.63, 3.8) is 0 Å². The van der Waals surface area contributed by atoms with E-state index < -0.39 is 18.6 Å². The molecule has 0 aromatic heterocycles. The molecule has 0 spiro atoms. The number of hydrogen-bond donors (Lipinski definition) is 1. The highest BCUT2D eigenvalue weighted by atomic mass is 35.5. The van der Waals surface area contributed by atoms with Gasteiger partial charge in [-0.1, -0.05) is 30.1 Å². The molecule has 21 heavy (non-hydrogen) atoms. The summed E-state index contributed by atoms with van der Waals surface area (Å²) >= 11 is 12.1. The molecular formula is C14H18Cl2F3NO. The number of alkyl halides is 3. The SMILES string of the molecule is CCCNC(CC(F)(F)F)c1cc(Cl)c(OCC)cc1Cl. The Kier molecular flexibility index (Phi) is 7.10. The van der Waals surface area contributed by atoms with Crippen LogP contribution in [0.25, 0.3) is 0 Å². The lowest BCUT2D eigenvalue weighted by atomic mass is 10.0. The molecule has 0 amide bonds. The molecule has 1 rings (SSSR count). The third-order valence-electron chi connectivity index (χ3n) is 2.80. The van der Waals surface area contributed by atoms with E-state index in [1.54, 1.807) is 6.92 Å². The maximum Gasteiger partial charge on any atom is 0.390 e. The van der Waals surface area contributed by atoms with Gasteiger partial charge in [0.25, 0.3) is 0 Å². The monoisotopic (exact) mass is 343 g/mol. The predicted molar refractivity (Wildman–Crippen MR) is 79.3 cm³/mol. The molecule has 1 unspecified atom stereocenters. The molecule has 0 aliphatic carbocycles. The topological polar surface area (TPSA) is 21.3 Å². The molecule has 0 fully saturated rings. The highest BCUT2D eigenvalue weighted by molar-refractivity contribution is 6.34. The van der Waals surface area contributed by atoms with Crippen molar-refractivity contribution in [1.29, 1.82) is 0 Å². The number of ether oxygens (including phenoxy) is 1. The smallest absolute Gasteiger partial charge is 0.390 e. The van der Waals surface area contributed by atoms with Gasteiger partial charge in [-0.15, -0.1) is 0 Å². The van der Waals surface area contributed by atoms with E-state index in [9.17, 15) is 13.2 Å². The second-order valence-corrected chi connectivity index (χ2v) is 5.38. The van der Waals surface area contributed by atoms with Crippen LogP contribution in [0, 0.1) is 0 Å². The van der Waals surface area contributed by atoms with E-state index in [4.69, 9.17) is 27.9 Å². The van der Waals surface area contributed by atoms with Crippen molar-refractivity contribution < 1.29 is 17.9 Å². The minimum Gasteiger partial charge on any atom is -0.492 e. The Balaban J connectivity index is 3.08. The van der Waals surface area contributed by atoms with Gasteiger partial charge in [-0.05, 0) is 31.5 Å². The zero-order valence-electron chi connectivity index (χ0n) is 11.9. The molecule has 1 aromatic carbocycles. The fourth-order valence-electron chi connectivity index (χ4n) is 1.92. The summed E-state index contributed by atoms with van der Waals surface area (Å²) < 4.78 is 43.4. The van der Waals surface area contributed by atoms with Crippen LogP contribution in [0.4, 0.5) is 13.2 Å². The molecule has 0 bridgehead atoms. The fourth-order valence-corrected chi connectivity index (χ4v) is 2.43. The minimum atomic E-state index is -4.29. The lowest BCUT2D eigenvalue weighted by Gasteiger charge is -2.22. The average Bonchev–Trinajstić information content (AvgIpc) is 2.37. The molecule has 0 radical (unpaired) electrons. The molecule has 0 saturated carbocycles. The molecular weight excluding hydrogens is 326 g/mol. The van der Waals surface area contributed by atoms with E-state index in [0.717, 1.165) is 6.42 Å². The van der Waals surface area contributed by atoms with Crippen LogP contribution >= 0.6 is 23.2 Å². The van der Waals surface area contributed by atoms with Crippen molar-refractivity contribution in [2.24, 2.45) is 0 Å². The Morgan fingerprint density at radius 3 is 2.38 bits per heavy atom. The van der Waals surface area contributed by atoms with Gasteiger partial charge in [-0.25, -0.2) is 0 Å². The Morgan fingerprint density at radius 2 is 1.86 bits per heavy atom. The van der Waals surface area contributed by atoms with Gasteiger partial charge in [-0.3, -0.25) is 0 Å². The second kappa shape index (κ2) is 8.11. The molecule has 0 aliphatic rings. The summed E-state index contributed by atoms with van der Waals surface area (Å²) in [5.41, 5.74) is 0.330. The van der Waals surface area contributed by atoms with E-state index in [2.05, 4.69) is 5.32 Å². The van der Waals surface area contributed by atoms with Crippen LogP contribution in [0.3, 0.4) is 0 Å². The Bertz CT molecular complexity index is 466. The van der Waals surface area contributed by atoms with Gasteiger partial charge in [0.15, 0.2) is 0 Å². The third-order valence-corrected chi connectivity index (χ3v) is 3.43. The molecule has 120 valence electrons. The summed E-state index contributed by atoms with van der Waals surface area (Å²) in [7, 11) is 0. The van der Waals surface area contributed by atoms with Crippen molar-refractivity contribution in [3.05, 3.63) is 27.7 Å². The van der Waals surface area contributed by atoms with Crippen molar-refractivity contribution >= 4 is 23.2 Å². The van der Waals surface area contributed by atoms with Gasteiger partial charge in [0.05, 0.1) is 18.1 Å². The third kappa shape index (κ3) is 5.93. The summed E-state index contributed by atoms with van der Waals surface area (Å²) in [6.45, 7) is 4.52. The summed E-state index contributed by atoms with van der Waals surface area (Å²) in [6, 6.07) is 1.97. The zero-order chi connectivity index (χ0) is 16.0. The Labute approximate surface area is 132 Å². The number of halogens is 5. The Hall–Kier alpha value is -0.650. The summed E-state index contributed by atoms with van der Waals surface area (Å²) in [4.78, 5) is 0. The van der Waals surface area contributed by atoms with Crippen LogP contribution < -0.4 is 10.1 Å². The van der Waals surface area contributed by atoms with Gasteiger partial charge in [0.1, 0.15) is 5.75 Å². The quantitative estimate of drug-likeness (QED) is 0.717. The first-order chi connectivity index (χ1) is 9.78. The van der Waals surface area contributed by atoms with Crippen LogP contribution in [-0.2, 0) is 0 Å². The van der Waals surface area contributed by atoms with Crippen LogP contribution in [0.1, 0.15) is 38.3 Å². The first-order valence-electron chi connectivity index (χ1n) is 6.70. The van der Waals surface area contributed by atoms with Gasteiger partial charge < -0.3 is 10.1 Å². The van der Waals surface area contributed by atoms with Crippen molar-refractivity contribution in [2.75, 3.05) is 13.2 Å². The largest absolute Gasteiger partial charge is 0.492 e. The van der Waals surface area contributed by atoms with Crippen molar-refractivity contribution in [3.8, 4) is 5.75 Å². The van der Waals surface area contributed by atoms with Gasteiger partial charge >= 0.3 is 6.18 Å². The van der Waals surface area contributed by atoms with E-state index in [0.29, 0.717) is 24.5 Å². The minimum absolute atomic E-state index is 0.209. The highest BCUT2D eigenvalue weighted by Crippen LogP contribution is 2.38. The lowest BCUT2D eigenvalue weighted by Crippen LogP contribution is -2.27. The molecule has 7 heteroatoms. The molecule has 0 saturated heterocycles. The zero-order valence-corrected chi connectivity index (χ0v) is 13.4. The second-order valence-electron chi connectivity index (χ2n) is 4.56. The van der Waals surface area contributed by atoms with E-state index >= 15 is 0 Å². The molecule has 0 aliphatic heterocycles. The average molecular weight is 344 g/mol. The van der Waals surface area contributed by atoms with Crippen molar-refractivity contribution in [1.82, 2.24) is 5.32 Å². The fraction of sp³-hybridized carbons (Fsp3) is 0.571. The number of nitrogens with one attached hydrogen (secondary N) is 1. The normalized spacial score (nSPS) is 13.3. The Morgan fingerprint density at radius 1 is 1.19 bits per heavy atom.